The molecule has 0 atom stereocenters. The molecule has 1 aromatic heterocycles. The molecular formula is C13H12N4. The summed E-state index contributed by atoms with van der Waals surface area (Å²) in [5, 5.41) is 12.2. The second-order valence-electron chi connectivity index (χ2n) is 4.21. The summed E-state index contributed by atoms with van der Waals surface area (Å²) in [6.07, 6.45) is 3.72. The lowest BCUT2D eigenvalue weighted by atomic mass is 9.99. The van der Waals surface area contributed by atoms with Gasteiger partial charge in [-0.25, -0.2) is 4.98 Å². The third-order valence-corrected chi connectivity index (χ3v) is 3.12. The van der Waals surface area contributed by atoms with Gasteiger partial charge in [0.05, 0.1) is 18.0 Å². The van der Waals surface area contributed by atoms with E-state index >= 15 is 0 Å². The van der Waals surface area contributed by atoms with Crippen molar-refractivity contribution in [2.75, 3.05) is 13.1 Å². The van der Waals surface area contributed by atoms with E-state index in [1.165, 1.54) is 5.69 Å². The van der Waals surface area contributed by atoms with E-state index in [1.54, 1.807) is 0 Å². The molecule has 84 valence electrons. The molecule has 1 N–H and O–H groups in total. The minimum atomic E-state index is 0.531. The quantitative estimate of drug-likeness (QED) is 0.839. The first-order valence-corrected chi connectivity index (χ1v) is 5.62. The molecule has 1 aliphatic rings. The zero-order valence-corrected chi connectivity index (χ0v) is 9.30. The molecule has 1 saturated heterocycles. The minimum absolute atomic E-state index is 0.531. The molecule has 17 heavy (non-hydrogen) atoms. The van der Waals surface area contributed by atoms with Crippen molar-refractivity contribution in [1.29, 1.82) is 5.26 Å². The Kier molecular flexibility index (Phi) is 2.39. The fraction of sp³-hybridized carbons (Fsp3) is 0.231. The number of rotatable bonds is 2. The summed E-state index contributed by atoms with van der Waals surface area (Å²) >= 11 is 0. The molecule has 0 spiro atoms. The standard InChI is InChI=1S/C13H12N4/c14-5-10-2-1-3-12(4-10)17-9-16-8-13(17)11-6-15-7-11/h1-4,8-9,11,15H,6-7H2. The molecule has 0 aliphatic carbocycles. The van der Waals surface area contributed by atoms with E-state index in [1.807, 2.05) is 36.8 Å². The fourth-order valence-corrected chi connectivity index (χ4v) is 2.05. The van der Waals surface area contributed by atoms with E-state index in [4.69, 9.17) is 5.26 Å². The summed E-state index contributed by atoms with van der Waals surface area (Å²) in [6.45, 7) is 2.01. The van der Waals surface area contributed by atoms with Crippen LogP contribution >= 0.6 is 0 Å². The van der Waals surface area contributed by atoms with Crippen molar-refractivity contribution in [1.82, 2.24) is 14.9 Å². The van der Waals surface area contributed by atoms with Gasteiger partial charge in [-0.2, -0.15) is 5.26 Å². The number of nitrogens with zero attached hydrogens (tertiary/aromatic N) is 3. The lowest BCUT2D eigenvalue weighted by Crippen LogP contribution is -2.40. The van der Waals surface area contributed by atoms with Gasteiger partial charge in [-0.1, -0.05) is 6.07 Å². The van der Waals surface area contributed by atoms with Crippen LogP contribution in [0.1, 0.15) is 17.2 Å². The van der Waals surface area contributed by atoms with Crippen LogP contribution < -0.4 is 5.32 Å². The van der Waals surface area contributed by atoms with Crippen LogP contribution in [0.15, 0.2) is 36.8 Å². The van der Waals surface area contributed by atoms with Crippen molar-refractivity contribution in [3.8, 4) is 11.8 Å². The van der Waals surface area contributed by atoms with Crippen LogP contribution in [-0.4, -0.2) is 22.6 Å². The molecule has 2 aromatic rings. The van der Waals surface area contributed by atoms with Crippen LogP contribution in [0.3, 0.4) is 0 Å². The predicted octanol–water partition coefficient (Wildman–Crippen LogP) is 1.43. The van der Waals surface area contributed by atoms with Gasteiger partial charge in [0.15, 0.2) is 0 Å². The number of aromatic nitrogens is 2. The van der Waals surface area contributed by atoms with Crippen molar-refractivity contribution in [2.45, 2.75) is 5.92 Å². The van der Waals surface area contributed by atoms with Gasteiger partial charge in [-0.15, -0.1) is 0 Å². The predicted molar refractivity (Wildman–Crippen MR) is 63.9 cm³/mol. The van der Waals surface area contributed by atoms with Crippen molar-refractivity contribution in [3.05, 3.63) is 48.0 Å². The lowest BCUT2D eigenvalue weighted by Gasteiger charge is -2.27. The maximum atomic E-state index is 8.91. The Balaban J connectivity index is 2.03. The number of benzene rings is 1. The number of hydrogen-bond donors (Lipinski definition) is 1. The van der Waals surface area contributed by atoms with Gasteiger partial charge in [0.2, 0.25) is 0 Å². The second-order valence-corrected chi connectivity index (χ2v) is 4.21. The average Bonchev–Trinajstić information content (AvgIpc) is 2.76. The number of nitriles is 1. The van der Waals surface area contributed by atoms with Gasteiger partial charge in [0.1, 0.15) is 0 Å². The molecule has 2 heterocycles. The lowest BCUT2D eigenvalue weighted by molar-refractivity contribution is 0.435. The molecule has 4 heteroatoms. The first kappa shape index (κ1) is 10.1. The summed E-state index contributed by atoms with van der Waals surface area (Å²) in [4.78, 5) is 4.21. The molecular weight excluding hydrogens is 212 g/mol. The van der Waals surface area contributed by atoms with Crippen LogP contribution in [0.25, 0.3) is 5.69 Å². The Morgan fingerprint density at radius 2 is 2.29 bits per heavy atom. The highest BCUT2D eigenvalue weighted by Gasteiger charge is 2.22. The highest BCUT2D eigenvalue weighted by Crippen LogP contribution is 2.22. The number of nitrogens with one attached hydrogen (secondary N) is 1. The van der Waals surface area contributed by atoms with Crippen molar-refractivity contribution < 1.29 is 0 Å². The van der Waals surface area contributed by atoms with Gasteiger partial charge in [0, 0.05) is 36.6 Å². The normalized spacial score (nSPS) is 15.2. The molecule has 1 fully saturated rings. The van der Waals surface area contributed by atoms with E-state index in [0.717, 1.165) is 18.8 Å². The third kappa shape index (κ3) is 1.71. The van der Waals surface area contributed by atoms with Crippen LogP contribution in [-0.2, 0) is 0 Å². The summed E-state index contributed by atoms with van der Waals surface area (Å²) in [7, 11) is 0. The molecule has 0 radical (unpaired) electrons. The summed E-state index contributed by atoms with van der Waals surface area (Å²) in [6, 6.07) is 9.75. The van der Waals surface area contributed by atoms with E-state index in [-0.39, 0.29) is 0 Å². The minimum Gasteiger partial charge on any atom is -0.315 e. The maximum Gasteiger partial charge on any atom is 0.0994 e. The monoisotopic (exact) mass is 224 g/mol. The van der Waals surface area contributed by atoms with Crippen molar-refractivity contribution in [3.63, 3.8) is 0 Å². The Morgan fingerprint density at radius 1 is 1.41 bits per heavy atom. The summed E-state index contributed by atoms with van der Waals surface area (Å²) in [5.74, 6) is 0.531. The Labute approximate surface area is 99.5 Å². The largest absolute Gasteiger partial charge is 0.315 e. The SMILES string of the molecule is N#Cc1cccc(-n2cncc2C2CNC2)c1. The Bertz CT molecular complexity index is 575. The summed E-state index contributed by atoms with van der Waals surface area (Å²) < 4.78 is 2.06. The molecule has 1 aliphatic heterocycles. The number of hydrogen-bond acceptors (Lipinski definition) is 3. The maximum absolute atomic E-state index is 8.91. The van der Waals surface area contributed by atoms with Crippen LogP contribution in [0.4, 0.5) is 0 Å². The van der Waals surface area contributed by atoms with Crippen LogP contribution in [0.5, 0.6) is 0 Å². The van der Waals surface area contributed by atoms with Gasteiger partial charge < -0.3 is 9.88 Å². The van der Waals surface area contributed by atoms with Gasteiger partial charge in [0.25, 0.3) is 0 Å². The number of imidazole rings is 1. The first-order valence-electron chi connectivity index (χ1n) is 5.62. The topological polar surface area (TPSA) is 53.6 Å². The van der Waals surface area contributed by atoms with Crippen LogP contribution in [0.2, 0.25) is 0 Å². The van der Waals surface area contributed by atoms with E-state index in [0.29, 0.717) is 11.5 Å². The van der Waals surface area contributed by atoms with Crippen LogP contribution in [0, 0.1) is 11.3 Å². The molecule has 0 saturated carbocycles. The van der Waals surface area contributed by atoms with E-state index < -0.39 is 0 Å². The highest BCUT2D eigenvalue weighted by atomic mass is 15.1. The molecule has 0 amide bonds. The Morgan fingerprint density at radius 3 is 3.00 bits per heavy atom. The summed E-state index contributed by atoms with van der Waals surface area (Å²) in [5.41, 5.74) is 2.89. The molecule has 3 rings (SSSR count). The van der Waals surface area contributed by atoms with Crippen molar-refractivity contribution in [2.24, 2.45) is 0 Å². The smallest absolute Gasteiger partial charge is 0.0994 e. The third-order valence-electron chi connectivity index (χ3n) is 3.12. The van der Waals surface area contributed by atoms with Gasteiger partial charge in [-0.3, -0.25) is 0 Å². The zero-order chi connectivity index (χ0) is 11.7. The van der Waals surface area contributed by atoms with Gasteiger partial charge in [-0.05, 0) is 18.2 Å². The molecule has 1 aromatic carbocycles. The van der Waals surface area contributed by atoms with Crippen molar-refractivity contribution >= 4 is 0 Å². The van der Waals surface area contributed by atoms with E-state index in [2.05, 4.69) is 20.9 Å². The molecule has 4 nitrogen and oxygen atoms in total. The average molecular weight is 224 g/mol. The highest BCUT2D eigenvalue weighted by molar-refractivity contribution is 5.42. The Hall–Kier alpha value is -2.12. The molecule has 0 bridgehead atoms. The zero-order valence-electron chi connectivity index (χ0n) is 9.30. The molecule has 0 unspecified atom stereocenters. The first-order chi connectivity index (χ1) is 8.38. The second kappa shape index (κ2) is 4.04. The van der Waals surface area contributed by atoms with E-state index in [9.17, 15) is 0 Å². The fourth-order valence-electron chi connectivity index (χ4n) is 2.05. The van der Waals surface area contributed by atoms with Gasteiger partial charge >= 0.3 is 0 Å².